The van der Waals surface area contributed by atoms with Crippen molar-refractivity contribution in [2.75, 3.05) is 18.6 Å². The fourth-order valence-electron chi connectivity index (χ4n) is 2.99. The summed E-state index contributed by atoms with van der Waals surface area (Å²) in [7, 11) is 1.64. The van der Waals surface area contributed by atoms with Gasteiger partial charge in [-0.1, -0.05) is 31.2 Å². The smallest absolute Gasteiger partial charge is 0.255 e. The van der Waals surface area contributed by atoms with Crippen molar-refractivity contribution in [2.45, 2.75) is 43.1 Å². The van der Waals surface area contributed by atoms with Crippen LogP contribution in [0.15, 0.2) is 53.4 Å². The number of carbonyl (C=O) groups is 1. The standard InChI is InChI=1S/C21H25NO3S/c1-15-11-12-22(19-9-4-5-10-20(19)26-15)21(23)16(2)25-14-17-7-6-8-18(13-17)24-3/h4-10,13,15-16H,11-12,14H2,1-3H3. The minimum atomic E-state index is -0.507. The second-order valence-electron chi connectivity index (χ2n) is 6.48. The van der Waals surface area contributed by atoms with Crippen LogP contribution < -0.4 is 9.64 Å². The molecule has 0 aromatic heterocycles. The highest BCUT2D eigenvalue weighted by molar-refractivity contribution is 8.00. The summed E-state index contributed by atoms with van der Waals surface area (Å²) >= 11 is 1.83. The predicted octanol–water partition coefficient (Wildman–Crippen LogP) is 4.52. The first-order chi connectivity index (χ1) is 12.6. The molecule has 0 radical (unpaired) electrons. The van der Waals surface area contributed by atoms with Crippen LogP contribution in [0.3, 0.4) is 0 Å². The minimum absolute atomic E-state index is 0.00930. The maximum absolute atomic E-state index is 13.0. The van der Waals surface area contributed by atoms with E-state index in [0.29, 0.717) is 11.9 Å². The maximum atomic E-state index is 13.0. The van der Waals surface area contributed by atoms with Gasteiger partial charge >= 0.3 is 0 Å². The van der Waals surface area contributed by atoms with E-state index in [-0.39, 0.29) is 5.91 Å². The molecule has 0 aliphatic carbocycles. The third kappa shape index (κ3) is 4.40. The number of fused-ring (bicyclic) bond motifs is 1. The topological polar surface area (TPSA) is 38.8 Å². The van der Waals surface area contributed by atoms with Gasteiger partial charge in [0.15, 0.2) is 0 Å². The molecule has 0 bridgehead atoms. The van der Waals surface area contributed by atoms with E-state index in [2.05, 4.69) is 13.0 Å². The number of thioether (sulfide) groups is 1. The molecule has 138 valence electrons. The van der Waals surface area contributed by atoms with Gasteiger partial charge in [-0.25, -0.2) is 0 Å². The van der Waals surface area contributed by atoms with Crippen molar-refractivity contribution in [1.29, 1.82) is 0 Å². The van der Waals surface area contributed by atoms with Crippen molar-refractivity contribution in [2.24, 2.45) is 0 Å². The van der Waals surface area contributed by atoms with Crippen LogP contribution in [0.1, 0.15) is 25.8 Å². The van der Waals surface area contributed by atoms with Gasteiger partial charge in [0.1, 0.15) is 11.9 Å². The molecule has 5 heteroatoms. The lowest BCUT2D eigenvalue weighted by Gasteiger charge is -2.25. The summed E-state index contributed by atoms with van der Waals surface area (Å²) in [5.74, 6) is 0.799. The largest absolute Gasteiger partial charge is 0.497 e. The average Bonchev–Trinajstić information content (AvgIpc) is 2.83. The van der Waals surface area contributed by atoms with Crippen LogP contribution in [-0.2, 0) is 16.1 Å². The number of hydrogen-bond donors (Lipinski definition) is 0. The molecule has 2 aromatic carbocycles. The Kier molecular flexibility index (Phi) is 6.22. The average molecular weight is 372 g/mol. The van der Waals surface area contributed by atoms with Crippen LogP contribution >= 0.6 is 11.8 Å². The van der Waals surface area contributed by atoms with Crippen molar-refractivity contribution in [3.8, 4) is 5.75 Å². The van der Waals surface area contributed by atoms with E-state index >= 15 is 0 Å². The van der Waals surface area contributed by atoms with Gasteiger partial charge in [0.05, 0.1) is 19.4 Å². The Labute approximate surface area is 159 Å². The highest BCUT2D eigenvalue weighted by Gasteiger charge is 2.27. The van der Waals surface area contributed by atoms with Crippen LogP contribution in [0.25, 0.3) is 0 Å². The van der Waals surface area contributed by atoms with Gasteiger partial charge in [-0.3, -0.25) is 4.79 Å². The zero-order valence-electron chi connectivity index (χ0n) is 15.5. The van der Waals surface area contributed by atoms with Crippen molar-refractivity contribution in [3.63, 3.8) is 0 Å². The van der Waals surface area contributed by atoms with Gasteiger partial charge in [-0.05, 0) is 43.2 Å². The van der Waals surface area contributed by atoms with Crippen LogP contribution in [0.4, 0.5) is 5.69 Å². The second kappa shape index (κ2) is 8.60. The number of methoxy groups -OCH3 is 1. The molecule has 1 aliphatic rings. The summed E-state index contributed by atoms with van der Waals surface area (Å²) in [5.41, 5.74) is 1.98. The molecule has 3 rings (SSSR count). The fraction of sp³-hybridized carbons (Fsp3) is 0.381. The molecule has 2 atom stereocenters. The molecule has 2 unspecified atom stereocenters. The van der Waals surface area contributed by atoms with Crippen LogP contribution in [0, 0.1) is 0 Å². The van der Waals surface area contributed by atoms with Crippen LogP contribution in [0.5, 0.6) is 5.75 Å². The molecule has 1 amide bonds. The van der Waals surface area contributed by atoms with E-state index in [1.807, 2.05) is 66.1 Å². The van der Waals surface area contributed by atoms with Gasteiger partial charge in [-0.15, -0.1) is 11.8 Å². The summed E-state index contributed by atoms with van der Waals surface area (Å²) in [5, 5.41) is 0.488. The van der Waals surface area contributed by atoms with Crippen LogP contribution in [0.2, 0.25) is 0 Å². The van der Waals surface area contributed by atoms with E-state index in [1.54, 1.807) is 7.11 Å². The van der Waals surface area contributed by atoms with Gasteiger partial charge in [0.25, 0.3) is 5.91 Å². The number of hydrogen-bond acceptors (Lipinski definition) is 4. The molecular weight excluding hydrogens is 346 g/mol. The number of ether oxygens (including phenoxy) is 2. The SMILES string of the molecule is COc1cccc(COC(C)C(=O)N2CCC(C)Sc3ccccc32)c1. The lowest BCUT2D eigenvalue weighted by molar-refractivity contribution is -0.129. The highest BCUT2D eigenvalue weighted by atomic mass is 32.2. The third-order valence-electron chi connectivity index (χ3n) is 4.49. The number of amides is 1. The lowest BCUT2D eigenvalue weighted by Crippen LogP contribution is -2.40. The summed E-state index contributed by atoms with van der Waals surface area (Å²) in [4.78, 5) is 16.1. The Morgan fingerprint density at radius 3 is 2.88 bits per heavy atom. The normalized spacial score (nSPS) is 18.0. The Bertz CT molecular complexity index is 764. The fourth-order valence-corrected chi connectivity index (χ4v) is 4.10. The zero-order chi connectivity index (χ0) is 18.5. The Morgan fingerprint density at radius 2 is 2.08 bits per heavy atom. The first kappa shape index (κ1) is 18.8. The Hall–Kier alpha value is -1.98. The number of benzene rings is 2. The van der Waals surface area contributed by atoms with Crippen LogP contribution in [-0.4, -0.2) is 30.9 Å². The monoisotopic (exact) mass is 371 g/mol. The van der Waals surface area contributed by atoms with E-state index in [4.69, 9.17) is 9.47 Å². The number of nitrogens with zero attached hydrogens (tertiary/aromatic N) is 1. The predicted molar refractivity (Wildman–Crippen MR) is 106 cm³/mol. The van der Waals surface area contributed by atoms with Gasteiger partial charge in [0.2, 0.25) is 0 Å². The molecule has 0 spiro atoms. The molecule has 0 saturated heterocycles. The molecule has 2 aromatic rings. The molecule has 0 saturated carbocycles. The Balaban J connectivity index is 1.69. The molecule has 0 N–H and O–H groups in total. The summed E-state index contributed by atoms with van der Waals surface area (Å²) in [6, 6.07) is 15.8. The lowest BCUT2D eigenvalue weighted by atomic mass is 10.2. The quantitative estimate of drug-likeness (QED) is 0.775. The van der Waals surface area contributed by atoms with E-state index < -0.39 is 6.10 Å². The molecule has 26 heavy (non-hydrogen) atoms. The molecule has 0 fully saturated rings. The molecule has 4 nitrogen and oxygen atoms in total. The zero-order valence-corrected chi connectivity index (χ0v) is 16.3. The minimum Gasteiger partial charge on any atom is -0.497 e. The second-order valence-corrected chi connectivity index (χ2v) is 7.96. The molecule has 1 heterocycles. The van der Waals surface area contributed by atoms with Gasteiger partial charge < -0.3 is 14.4 Å². The highest BCUT2D eigenvalue weighted by Crippen LogP contribution is 2.37. The van der Waals surface area contributed by atoms with E-state index in [1.165, 1.54) is 0 Å². The summed E-state index contributed by atoms with van der Waals surface area (Å²) < 4.78 is 11.1. The first-order valence-electron chi connectivity index (χ1n) is 8.90. The third-order valence-corrected chi connectivity index (χ3v) is 5.73. The van der Waals surface area contributed by atoms with Crippen molar-refractivity contribution in [3.05, 3.63) is 54.1 Å². The number of rotatable bonds is 5. The van der Waals surface area contributed by atoms with Crippen molar-refractivity contribution < 1.29 is 14.3 Å². The van der Waals surface area contributed by atoms with Crippen molar-refractivity contribution >= 4 is 23.4 Å². The first-order valence-corrected chi connectivity index (χ1v) is 9.78. The molecular formula is C21H25NO3S. The number of carbonyl (C=O) groups excluding carboxylic acids is 1. The maximum Gasteiger partial charge on any atom is 0.255 e. The summed E-state index contributed by atoms with van der Waals surface area (Å²) in [6.07, 6.45) is 0.459. The van der Waals surface area contributed by atoms with Gasteiger partial charge in [-0.2, -0.15) is 0 Å². The summed E-state index contributed by atoms with van der Waals surface area (Å²) in [6.45, 7) is 5.13. The van der Waals surface area contributed by atoms with E-state index in [0.717, 1.165) is 34.9 Å². The van der Waals surface area contributed by atoms with Crippen molar-refractivity contribution in [1.82, 2.24) is 0 Å². The molecule has 1 aliphatic heterocycles. The number of para-hydroxylation sites is 1. The Morgan fingerprint density at radius 1 is 1.27 bits per heavy atom. The number of anilines is 1. The van der Waals surface area contributed by atoms with E-state index in [9.17, 15) is 4.79 Å². The van der Waals surface area contributed by atoms with Gasteiger partial charge in [0, 0.05) is 16.7 Å².